The van der Waals surface area contributed by atoms with Crippen molar-refractivity contribution in [2.45, 2.75) is 32.9 Å². The quantitative estimate of drug-likeness (QED) is 0.885. The lowest BCUT2D eigenvalue weighted by Gasteiger charge is -2.22. The van der Waals surface area contributed by atoms with E-state index < -0.39 is 0 Å². The molecule has 4 heteroatoms. The summed E-state index contributed by atoms with van der Waals surface area (Å²) in [7, 11) is 0. The molecule has 2 rings (SSSR count). The van der Waals surface area contributed by atoms with Crippen molar-refractivity contribution in [3.63, 3.8) is 0 Å². The Labute approximate surface area is 114 Å². The summed E-state index contributed by atoms with van der Waals surface area (Å²) in [6.45, 7) is 7.98. The van der Waals surface area contributed by atoms with Gasteiger partial charge in [0.2, 0.25) is 0 Å². The fraction of sp³-hybridized carbons (Fsp3) is 0.600. The van der Waals surface area contributed by atoms with Crippen LogP contribution in [0.3, 0.4) is 0 Å². The van der Waals surface area contributed by atoms with Crippen LogP contribution in [0.2, 0.25) is 0 Å². The minimum atomic E-state index is -0.222. The molecule has 0 radical (unpaired) electrons. The third kappa shape index (κ3) is 3.45. The number of hydrogen-bond acceptors (Lipinski definition) is 3. The molecule has 1 fully saturated rings. The van der Waals surface area contributed by atoms with Gasteiger partial charge in [-0.3, -0.25) is 4.90 Å². The van der Waals surface area contributed by atoms with Gasteiger partial charge in [-0.15, -0.1) is 0 Å². The molecule has 0 amide bonds. The fourth-order valence-corrected chi connectivity index (χ4v) is 2.68. The Hall–Kier alpha value is -1.13. The van der Waals surface area contributed by atoms with Gasteiger partial charge in [0.05, 0.1) is 11.8 Å². The third-order valence-corrected chi connectivity index (χ3v) is 3.77. The fourth-order valence-electron chi connectivity index (χ4n) is 2.68. The van der Waals surface area contributed by atoms with Gasteiger partial charge in [0.25, 0.3) is 0 Å². The Bertz CT molecular complexity index is 421. The molecule has 0 saturated carbocycles. The molecule has 1 saturated heterocycles. The summed E-state index contributed by atoms with van der Waals surface area (Å²) in [5.41, 5.74) is 1.65. The van der Waals surface area contributed by atoms with Gasteiger partial charge < -0.3 is 10.0 Å². The number of rotatable bonds is 5. The maximum absolute atomic E-state index is 14.1. The van der Waals surface area contributed by atoms with Gasteiger partial charge >= 0.3 is 0 Å². The summed E-state index contributed by atoms with van der Waals surface area (Å²) in [6, 6.07) is 5.48. The molecule has 1 aliphatic heterocycles. The van der Waals surface area contributed by atoms with E-state index in [0.717, 1.165) is 31.6 Å². The van der Waals surface area contributed by atoms with Crippen LogP contribution < -0.4 is 4.90 Å². The molecule has 0 bridgehead atoms. The molecule has 0 aromatic heterocycles. The number of likely N-dealkylation sites (tertiary alicyclic amines) is 1. The van der Waals surface area contributed by atoms with Gasteiger partial charge in [0.15, 0.2) is 0 Å². The molecule has 19 heavy (non-hydrogen) atoms. The highest BCUT2D eigenvalue weighted by atomic mass is 19.1. The summed E-state index contributed by atoms with van der Waals surface area (Å²) in [5.74, 6) is -0.152. The molecular weight excluding hydrogens is 243 g/mol. The van der Waals surface area contributed by atoms with E-state index >= 15 is 0 Å². The first-order valence-electron chi connectivity index (χ1n) is 7.07. The van der Waals surface area contributed by atoms with Crippen molar-refractivity contribution in [1.29, 1.82) is 0 Å². The molecular formula is C15H23FN2O. The molecule has 1 heterocycles. The summed E-state index contributed by atoms with van der Waals surface area (Å²) < 4.78 is 14.1. The molecule has 1 aromatic rings. The van der Waals surface area contributed by atoms with Gasteiger partial charge in [0.1, 0.15) is 5.82 Å². The predicted octanol–water partition coefficient (Wildman–Crippen LogP) is 2.24. The summed E-state index contributed by atoms with van der Waals surface area (Å²) in [5, 5.41) is 9.49. The number of hydrogen-bond donors (Lipinski definition) is 1. The van der Waals surface area contributed by atoms with E-state index in [1.165, 1.54) is 0 Å². The number of aliphatic hydroxyl groups is 1. The molecule has 1 aromatic carbocycles. The van der Waals surface area contributed by atoms with E-state index in [0.29, 0.717) is 18.8 Å². The second-order valence-corrected chi connectivity index (χ2v) is 5.14. The Morgan fingerprint density at radius 2 is 2.11 bits per heavy atom. The molecule has 1 N–H and O–H groups in total. The van der Waals surface area contributed by atoms with Crippen LogP contribution in [0.1, 0.15) is 25.8 Å². The van der Waals surface area contributed by atoms with E-state index in [2.05, 4.69) is 4.90 Å². The number of halogens is 1. The monoisotopic (exact) mass is 266 g/mol. The molecule has 1 atom stereocenters. The van der Waals surface area contributed by atoms with E-state index in [-0.39, 0.29) is 11.9 Å². The number of aliphatic hydroxyl groups excluding tert-OH is 1. The highest BCUT2D eigenvalue weighted by molar-refractivity contribution is 5.49. The standard InChI is InChI=1S/C15H23FN2O/c1-3-18(4-2)15-6-5-12(9-14(15)16)10-17-8-7-13(19)11-17/h5-6,9,13,19H,3-4,7-8,10-11H2,1-2H3/t13-/m0/s1. The molecule has 0 unspecified atom stereocenters. The summed E-state index contributed by atoms with van der Waals surface area (Å²) in [6.07, 6.45) is 0.597. The average molecular weight is 266 g/mol. The summed E-state index contributed by atoms with van der Waals surface area (Å²) in [4.78, 5) is 4.18. The van der Waals surface area contributed by atoms with Crippen LogP contribution in [0.5, 0.6) is 0 Å². The predicted molar refractivity (Wildman–Crippen MR) is 75.9 cm³/mol. The normalized spacial score (nSPS) is 19.9. The van der Waals surface area contributed by atoms with Gasteiger partial charge in [0, 0.05) is 32.7 Å². The van der Waals surface area contributed by atoms with Crippen LogP contribution >= 0.6 is 0 Å². The topological polar surface area (TPSA) is 26.7 Å². The number of nitrogens with zero attached hydrogens (tertiary/aromatic N) is 2. The Kier molecular flexibility index (Phi) is 4.77. The minimum Gasteiger partial charge on any atom is -0.392 e. The van der Waals surface area contributed by atoms with Crippen LogP contribution in [-0.4, -0.2) is 42.3 Å². The van der Waals surface area contributed by atoms with Gasteiger partial charge in [-0.2, -0.15) is 0 Å². The summed E-state index contributed by atoms with van der Waals surface area (Å²) >= 11 is 0. The van der Waals surface area contributed by atoms with Crippen molar-refractivity contribution in [2.24, 2.45) is 0 Å². The van der Waals surface area contributed by atoms with Crippen molar-refractivity contribution in [2.75, 3.05) is 31.1 Å². The smallest absolute Gasteiger partial charge is 0.146 e. The van der Waals surface area contributed by atoms with Gasteiger partial charge in [-0.05, 0) is 38.0 Å². The maximum atomic E-state index is 14.1. The van der Waals surface area contributed by atoms with Crippen molar-refractivity contribution in [1.82, 2.24) is 4.90 Å². The Morgan fingerprint density at radius 1 is 1.37 bits per heavy atom. The first-order valence-corrected chi connectivity index (χ1v) is 7.07. The molecule has 3 nitrogen and oxygen atoms in total. The molecule has 0 spiro atoms. The largest absolute Gasteiger partial charge is 0.392 e. The Balaban J connectivity index is 2.06. The highest BCUT2D eigenvalue weighted by Crippen LogP contribution is 2.22. The van der Waals surface area contributed by atoms with E-state index in [1.807, 2.05) is 30.9 Å². The van der Waals surface area contributed by atoms with Gasteiger partial charge in [-0.1, -0.05) is 6.07 Å². The second kappa shape index (κ2) is 6.35. The lowest BCUT2D eigenvalue weighted by molar-refractivity contribution is 0.175. The zero-order valence-corrected chi connectivity index (χ0v) is 11.8. The van der Waals surface area contributed by atoms with Crippen LogP contribution in [-0.2, 0) is 6.54 Å². The third-order valence-electron chi connectivity index (χ3n) is 3.77. The lowest BCUT2D eigenvalue weighted by Crippen LogP contribution is -2.24. The SMILES string of the molecule is CCN(CC)c1ccc(CN2CC[C@H](O)C2)cc1F. The van der Waals surface area contributed by atoms with Crippen LogP contribution in [0, 0.1) is 5.82 Å². The first-order chi connectivity index (χ1) is 9.13. The van der Waals surface area contributed by atoms with Crippen LogP contribution in [0.4, 0.5) is 10.1 Å². The molecule has 106 valence electrons. The molecule has 0 aliphatic carbocycles. The minimum absolute atomic E-state index is 0.152. The van der Waals surface area contributed by atoms with Crippen molar-refractivity contribution in [3.8, 4) is 0 Å². The van der Waals surface area contributed by atoms with Crippen LogP contribution in [0.25, 0.3) is 0 Å². The van der Waals surface area contributed by atoms with Crippen molar-refractivity contribution in [3.05, 3.63) is 29.6 Å². The number of benzene rings is 1. The number of β-amino-alcohol motifs (C(OH)–C–C–N with tert-alkyl or cyclic N) is 1. The number of anilines is 1. The van der Waals surface area contributed by atoms with Crippen LogP contribution in [0.15, 0.2) is 18.2 Å². The first kappa shape index (κ1) is 14.3. The van der Waals surface area contributed by atoms with E-state index in [4.69, 9.17) is 0 Å². The Morgan fingerprint density at radius 3 is 2.63 bits per heavy atom. The highest BCUT2D eigenvalue weighted by Gasteiger charge is 2.20. The maximum Gasteiger partial charge on any atom is 0.146 e. The zero-order chi connectivity index (χ0) is 13.8. The van der Waals surface area contributed by atoms with Gasteiger partial charge in [-0.25, -0.2) is 4.39 Å². The van der Waals surface area contributed by atoms with Crippen molar-refractivity contribution >= 4 is 5.69 Å². The van der Waals surface area contributed by atoms with E-state index in [9.17, 15) is 9.50 Å². The zero-order valence-electron chi connectivity index (χ0n) is 11.8. The lowest BCUT2D eigenvalue weighted by atomic mass is 10.1. The average Bonchev–Trinajstić information content (AvgIpc) is 2.79. The van der Waals surface area contributed by atoms with E-state index in [1.54, 1.807) is 6.07 Å². The second-order valence-electron chi connectivity index (χ2n) is 5.14. The van der Waals surface area contributed by atoms with Crippen molar-refractivity contribution < 1.29 is 9.50 Å². The molecule has 1 aliphatic rings.